The van der Waals surface area contributed by atoms with Crippen LogP contribution in [0.15, 0.2) is 34.9 Å². The number of esters is 1. The van der Waals surface area contributed by atoms with Gasteiger partial charge < -0.3 is 10.1 Å². The number of thioether (sulfide) groups is 1. The normalized spacial score (nSPS) is 16.9. The molecular weight excluding hydrogens is 360 g/mol. The summed E-state index contributed by atoms with van der Waals surface area (Å²) in [7, 11) is 0. The van der Waals surface area contributed by atoms with Gasteiger partial charge in [0.1, 0.15) is 0 Å². The Labute approximate surface area is 165 Å². The second kappa shape index (κ2) is 10.2. The fourth-order valence-corrected chi connectivity index (χ4v) is 3.71. The zero-order valence-electron chi connectivity index (χ0n) is 16.1. The summed E-state index contributed by atoms with van der Waals surface area (Å²) in [6.07, 6.45) is 2.01. The van der Waals surface area contributed by atoms with Gasteiger partial charge in [-0.3, -0.25) is 9.59 Å². The molecule has 27 heavy (non-hydrogen) atoms. The lowest BCUT2D eigenvalue weighted by Crippen LogP contribution is -2.31. The van der Waals surface area contributed by atoms with E-state index in [2.05, 4.69) is 25.2 Å². The summed E-state index contributed by atoms with van der Waals surface area (Å²) < 4.78 is 5.14. The van der Waals surface area contributed by atoms with Crippen LogP contribution < -0.4 is 5.32 Å². The molecule has 0 radical (unpaired) electrons. The Balaban J connectivity index is 2.15. The number of carbonyl (C=O) groups is 2. The van der Waals surface area contributed by atoms with Crippen molar-refractivity contribution in [2.75, 3.05) is 12.4 Å². The first-order valence-electron chi connectivity index (χ1n) is 9.28. The number of nitriles is 1. The molecule has 1 aliphatic rings. The highest BCUT2D eigenvalue weighted by atomic mass is 32.2. The molecule has 1 aromatic rings. The van der Waals surface area contributed by atoms with E-state index in [4.69, 9.17) is 4.74 Å². The van der Waals surface area contributed by atoms with E-state index in [-0.39, 0.29) is 30.0 Å². The van der Waals surface area contributed by atoms with E-state index in [9.17, 15) is 14.9 Å². The SMILES string of the molecule is CCCCOC(=O)CSC1=C(C#N)[C@@H](c2ccc(C(C)C)cc2)CC(=O)N1. The summed E-state index contributed by atoms with van der Waals surface area (Å²) >= 11 is 1.16. The minimum absolute atomic E-state index is 0.0729. The molecule has 1 N–H and O–H groups in total. The van der Waals surface area contributed by atoms with Crippen LogP contribution in [0.3, 0.4) is 0 Å². The smallest absolute Gasteiger partial charge is 0.316 e. The zero-order chi connectivity index (χ0) is 19.8. The molecule has 0 aromatic heterocycles. The maximum atomic E-state index is 12.2. The number of nitrogens with one attached hydrogen (secondary N) is 1. The van der Waals surface area contributed by atoms with Crippen LogP contribution in [-0.2, 0) is 14.3 Å². The Morgan fingerprint density at radius 3 is 2.67 bits per heavy atom. The van der Waals surface area contributed by atoms with Crippen molar-refractivity contribution in [3.05, 3.63) is 46.0 Å². The van der Waals surface area contributed by atoms with E-state index in [0.29, 0.717) is 23.1 Å². The molecule has 144 valence electrons. The van der Waals surface area contributed by atoms with E-state index < -0.39 is 0 Å². The van der Waals surface area contributed by atoms with E-state index in [0.717, 1.165) is 30.2 Å². The third-order valence-electron chi connectivity index (χ3n) is 4.46. The predicted octanol–water partition coefficient (Wildman–Crippen LogP) is 4.23. The highest BCUT2D eigenvalue weighted by molar-refractivity contribution is 8.03. The van der Waals surface area contributed by atoms with Gasteiger partial charge in [0.15, 0.2) is 0 Å². The van der Waals surface area contributed by atoms with Crippen molar-refractivity contribution in [1.82, 2.24) is 5.32 Å². The minimum Gasteiger partial charge on any atom is -0.465 e. The van der Waals surface area contributed by atoms with Gasteiger partial charge in [-0.05, 0) is 23.5 Å². The van der Waals surface area contributed by atoms with Crippen molar-refractivity contribution in [3.63, 3.8) is 0 Å². The molecule has 0 fully saturated rings. The molecule has 5 nitrogen and oxygen atoms in total. The Bertz CT molecular complexity index is 748. The van der Waals surface area contributed by atoms with Gasteiger partial charge in [-0.2, -0.15) is 5.26 Å². The highest BCUT2D eigenvalue weighted by Gasteiger charge is 2.30. The lowest BCUT2D eigenvalue weighted by molar-refractivity contribution is -0.140. The molecule has 0 saturated carbocycles. The number of hydrogen-bond acceptors (Lipinski definition) is 5. The summed E-state index contributed by atoms with van der Waals surface area (Å²) in [5.41, 5.74) is 2.65. The first-order chi connectivity index (χ1) is 13.0. The predicted molar refractivity (Wildman–Crippen MR) is 107 cm³/mol. The fourth-order valence-electron chi connectivity index (χ4n) is 2.83. The van der Waals surface area contributed by atoms with E-state index >= 15 is 0 Å². The largest absolute Gasteiger partial charge is 0.465 e. The molecule has 1 amide bonds. The molecule has 1 heterocycles. The topological polar surface area (TPSA) is 79.2 Å². The van der Waals surface area contributed by atoms with Crippen molar-refractivity contribution in [2.45, 2.75) is 51.9 Å². The number of hydrogen-bond donors (Lipinski definition) is 1. The molecule has 1 atom stereocenters. The van der Waals surface area contributed by atoms with Crippen molar-refractivity contribution in [2.24, 2.45) is 0 Å². The van der Waals surface area contributed by atoms with Gasteiger partial charge in [-0.25, -0.2) is 0 Å². The molecule has 1 aliphatic heterocycles. The number of benzene rings is 1. The number of rotatable bonds is 8. The number of carbonyl (C=O) groups excluding carboxylic acids is 2. The quantitative estimate of drug-likeness (QED) is 0.534. The lowest BCUT2D eigenvalue weighted by atomic mass is 9.86. The van der Waals surface area contributed by atoms with Crippen LogP contribution >= 0.6 is 11.8 Å². The van der Waals surface area contributed by atoms with Gasteiger partial charge in [-0.15, -0.1) is 0 Å². The highest BCUT2D eigenvalue weighted by Crippen LogP contribution is 2.36. The summed E-state index contributed by atoms with van der Waals surface area (Å²) in [6, 6.07) is 10.3. The van der Waals surface area contributed by atoms with Crippen LogP contribution in [-0.4, -0.2) is 24.2 Å². The Hall–Kier alpha value is -2.26. The second-order valence-corrected chi connectivity index (χ2v) is 7.83. The van der Waals surface area contributed by atoms with E-state index in [1.54, 1.807) is 0 Å². The van der Waals surface area contributed by atoms with Crippen LogP contribution in [0.25, 0.3) is 0 Å². The number of amides is 1. The number of allylic oxidation sites excluding steroid dienone is 1. The monoisotopic (exact) mass is 386 g/mol. The third kappa shape index (κ3) is 5.86. The summed E-state index contributed by atoms with van der Waals surface area (Å²) in [5, 5.41) is 12.9. The average molecular weight is 387 g/mol. The van der Waals surface area contributed by atoms with Gasteiger partial charge in [-0.1, -0.05) is 63.2 Å². The maximum Gasteiger partial charge on any atom is 0.316 e. The number of ether oxygens (including phenoxy) is 1. The number of unbranched alkanes of at least 4 members (excludes halogenated alkanes) is 1. The number of nitrogens with zero attached hydrogens (tertiary/aromatic N) is 1. The maximum absolute atomic E-state index is 12.2. The van der Waals surface area contributed by atoms with Gasteiger partial charge >= 0.3 is 5.97 Å². The minimum atomic E-state index is -0.337. The second-order valence-electron chi connectivity index (χ2n) is 6.84. The van der Waals surface area contributed by atoms with Gasteiger partial charge in [0, 0.05) is 12.3 Å². The lowest BCUT2D eigenvalue weighted by Gasteiger charge is -2.25. The van der Waals surface area contributed by atoms with Crippen LogP contribution in [0.2, 0.25) is 0 Å². The summed E-state index contributed by atoms with van der Waals surface area (Å²) in [6.45, 7) is 6.67. The van der Waals surface area contributed by atoms with Crippen LogP contribution in [0.4, 0.5) is 0 Å². The molecule has 6 heteroatoms. The molecule has 0 saturated heterocycles. The van der Waals surface area contributed by atoms with Crippen molar-refractivity contribution in [3.8, 4) is 6.07 Å². The average Bonchev–Trinajstić information content (AvgIpc) is 2.66. The standard InChI is InChI=1S/C21H26N2O3S/c1-4-5-10-26-20(25)13-27-21-18(12-22)17(11-19(24)23-21)16-8-6-15(7-9-16)14(2)3/h6-9,14,17H,4-5,10-11,13H2,1-3H3,(H,23,24)/t17-/m1/s1. The first-order valence-corrected chi connectivity index (χ1v) is 10.3. The molecule has 0 aliphatic carbocycles. The van der Waals surface area contributed by atoms with Crippen LogP contribution in [0, 0.1) is 11.3 Å². The zero-order valence-corrected chi connectivity index (χ0v) is 16.9. The summed E-state index contributed by atoms with van der Waals surface area (Å²) in [5.74, 6) is -0.276. The molecule has 1 aromatic carbocycles. The van der Waals surface area contributed by atoms with E-state index in [1.807, 2.05) is 31.2 Å². The molecule has 0 unspecified atom stereocenters. The Kier molecular flexibility index (Phi) is 7.93. The fraction of sp³-hybridized carbons (Fsp3) is 0.476. The summed E-state index contributed by atoms with van der Waals surface area (Å²) in [4.78, 5) is 24.0. The molecule has 0 bridgehead atoms. The van der Waals surface area contributed by atoms with Gasteiger partial charge in [0.2, 0.25) is 5.91 Å². The molecule has 0 spiro atoms. The van der Waals surface area contributed by atoms with E-state index in [1.165, 1.54) is 5.56 Å². The van der Waals surface area contributed by atoms with Crippen molar-refractivity contribution in [1.29, 1.82) is 5.26 Å². The third-order valence-corrected chi connectivity index (χ3v) is 5.45. The van der Waals surface area contributed by atoms with Crippen LogP contribution in [0.1, 0.15) is 63.0 Å². The van der Waals surface area contributed by atoms with Crippen molar-refractivity contribution < 1.29 is 14.3 Å². The Morgan fingerprint density at radius 2 is 2.07 bits per heavy atom. The van der Waals surface area contributed by atoms with Crippen LogP contribution in [0.5, 0.6) is 0 Å². The molecular formula is C21H26N2O3S. The van der Waals surface area contributed by atoms with Gasteiger partial charge in [0.05, 0.1) is 29.0 Å². The Morgan fingerprint density at radius 1 is 1.37 bits per heavy atom. The first kappa shape index (κ1) is 21.0. The molecule has 2 rings (SSSR count). The van der Waals surface area contributed by atoms with Crippen molar-refractivity contribution >= 4 is 23.6 Å². The van der Waals surface area contributed by atoms with Gasteiger partial charge in [0.25, 0.3) is 0 Å².